The van der Waals surface area contributed by atoms with Crippen LogP contribution in [-0.4, -0.2) is 44.3 Å². The van der Waals surface area contributed by atoms with Gasteiger partial charge in [-0.3, -0.25) is 9.36 Å². The van der Waals surface area contributed by atoms with Gasteiger partial charge in [0.1, 0.15) is 5.69 Å². The summed E-state index contributed by atoms with van der Waals surface area (Å²) in [5, 5.41) is 19.9. The predicted molar refractivity (Wildman–Crippen MR) is 69.5 cm³/mol. The number of carbonyl (C=O) groups is 2. The van der Waals surface area contributed by atoms with Crippen LogP contribution in [0, 0.1) is 0 Å². The maximum Gasteiger partial charge on any atom is 0.328 e. The van der Waals surface area contributed by atoms with E-state index in [1.54, 1.807) is 12.1 Å². The van der Waals surface area contributed by atoms with Crippen molar-refractivity contribution < 1.29 is 19.8 Å². The Labute approximate surface area is 114 Å². The molecule has 0 saturated carbocycles. The summed E-state index contributed by atoms with van der Waals surface area (Å²) < 4.78 is 1.53. The molecule has 0 spiro atoms. The van der Waals surface area contributed by atoms with Gasteiger partial charge in [0.25, 0.3) is 5.91 Å². The number of nitrogens with zero attached hydrogens (tertiary/aromatic N) is 2. The molecule has 1 aromatic heterocycles. The number of rotatable bonds is 5. The molecule has 7 heteroatoms. The Kier molecular flexibility index (Phi) is 4.11. The second-order valence-corrected chi connectivity index (χ2v) is 4.03. The minimum atomic E-state index is -1.35. The van der Waals surface area contributed by atoms with Crippen LogP contribution < -0.4 is 5.32 Å². The number of aliphatic carboxylic acids is 1. The third-order valence-electron chi connectivity index (χ3n) is 2.69. The van der Waals surface area contributed by atoms with Crippen molar-refractivity contribution in [1.82, 2.24) is 14.9 Å². The lowest BCUT2D eigenvalue weighted by atomic mass is 10.2. The molecule has 3 N–H and O–H groups in total. The maximum atomic E-state index is 12.0. The van der Waals surface area contributed by atoms with E-state index in [0.717, 1.165) is 5.69 Å². The van der Waals surface area contributed by atoms with E-state index in [0.29, 0.717) is 0 Å². The van der Waals surface area contributed by atoms with Crippen LogP contribution in [0.2, 0.25) is 0 Å². The summed E-state index contributed by atoms with van der Waals surface area (Å²) in [5.41, 5.74) is 0.918. The van der Waals surface area contributed by atoms with Gasteiger partial charge in [-0.15, -0.1) is 0 Å². The number of imidazole rings is 1. The molecule has 0 radical (unpaired) electrons. The smallest absolute Gasteiger partial charge is 0.328 e. The van der Waals surface area contributed by atoms with Crippen molar-refractivity contribution in [1.29, 1.82) is 0 Å². The number of carboxylic acid groups (broad SMARTS) is 1. The van der Waals surface area contributed by atoms with Crippen molar-refractivity contribution in [2.45, 2.75) is 6.04 Å². The molecule has 1 aromatic carbocycles. The number of hydrogen-bond acceptors (Lipinski definition) is 4. The van der Waals surface area contributed by atoms with Crippen LogP contribution in [0.4, 0.5) is 0 Å². The van der Waals surface area contributed by atoms with Crippen LogP contribution >= 0.6 is 0 Å². The van der Waals surface area contributed by atoms with Gasteiger partial charge in [-0.05, 0) is 12.1 Å². The summed E-state index contributed by atoms with van der Waals surface area (Å²) in [7, 11) is 0. The molecule has 0 aliphatic carbocycles. The van der Waals surface area contributed by atoms with E-state index in [4.69, 9.17) is 10.2 Å². The first kappa shape index (κ1) is 13.8. The topological polar surface area (TPSA) is 104 Å². The number of aromatic nitrogens is 2. The molecule has 2 rings (SSSR count). The van der Waals surface area contributed by atoms with Gasteiger partial charge in [0, 0.05) is 5.69 Å². The zero-order chi connectivity index (χ0) is 14.5. The number of hydrogen-bond donors (Lipinski definition) is 3. The predicted octanol–water partition coefficient (Wildman–Crippen LogP) is 0.0476. The largest absolute Gasteiger partial charge is 0.480 e. The highest BCUT2D eigenvalue weighted by Gasteiger charge is 2.21. The monoisotopic (exact) mass is 275 g/mol. The molecule has 0 aliphatic heterocycles. The molecule has 2 aromatic rings. The SMILES string of the molecule is O=C(N[C@H](CO)C(=O)O)c1cncn1-c1ccccc1. The summed E-state index contributed by atoms with van der Waals surface area (Å²) in [6.45, 7) is -0.680. The standard InChI is InChI=1S/C13H13N3O4/c17-7-10(13(19)20)15-12(18)11-6-14-8-16(11)9-4-2-1-3-5-9/h1-6,8,10,17H,7H2,(H,15,18)(H,19,20)/t10-/m1/s1. The van der Waals surface area contributed by atoms with E-state index in [2.05, 4.69) is 10.3 Å². The minimum Gasteiger partial charge on any atom is -0.480 e. The zero-order valence-corrected chi connectivity index (χ0v) is 10.4. The Hall–Kier alpha value is -2.67. The second kappa shape index (κ2) is 5.98. The Balaban J connectivity index is 2.24. The van der Waals surface area contributed by atoms with Gasteiger partial charge in [-0.1, -0.05) is 18.2 Å². The lowest BCUT2D eigenvalue weighted by molar-refractivity contribution is -0.140. The van der Waals surface area contributed by atoms with Crippen LogP contribution in [0.15, 0.2) is 42.9 Å². The fraction of sp³-hybridized carbons (Fsp3) is 0.154. The number of carbonyl (C=O) groups excluding carboxylic acids is 1. The molecular formula is C13H13N3O4. The number of para-hydroxylation sites is 1. The molecule has 0 bridgehead atoms. The van der Waals surface area contributed by atoms with Crippen LogP contribution in [0.1, 0.15) is 10.5 Å². The van der Waals surface area contributed by atoms with E-state index >= 15 is 0 Å². The zero-order valence-electron chi connectivity index (χ0n) is 10.4. The van der Waals surface area contributed by atoms with Gasteiger partial charge >= 0.3 is 5.97 Å². The van der Waals surface area contributed by atoms with Crippen molar-refractivity contribution in [3.05, 3.63) is 48.5 Å². The molecule has 7 nitrogen and oxygen atoms in total. The normalized spacial score (nSPS) is 11.8. The van der Waals surface area contributed by atoms with E-state index in [-0.39, 0.29) is 5.69 Å². The molecule has 104 valence electrons. The summed E-state index contributed by atoms with van der Waals surface area (Å²) in [5.74, 6) is -1.92. The third-order valence-corrected chi connectivity index (χ3v) is 2.69. The minimum absolute atomic E-state index is 0.191. The van der Waals surface area contributed by atoms with Gasteiger partial charge in [-0.25, -0.2) is 9.78 Å². The maximum absolute atomic E-state index is 12.0. The molecule has 0 unspecified atom stereocenters. The lowest BCUT2D eigenvalue weighted by Crippen LogP contribution is -2.43. The van der Waals surface area contributed by atoms with Crippen molar-refractivity contribution in [2.75, 3.05) is 6.61 Å². The van der Waals surface area contributed by atoms with Gasteiger partial charge in [-0.2, -0.15) is 0 Å². The summed E-state index contributed by atoms with van der Waals surface area (Å²) >= 11 is 0. The summed E-state index contributed by atoms with van der Waals surface area (Å²) in [4.78, 5) is 26.7. The molecule has 1 atom stereocenters. The van der Waals surface area contributed by atoms with Crippen molar-refractivity contribution in [3.8, 4) is 5.69 Å². The average Bonchev–Trinajstić information content (AvgIpc) is 2.94. The van der Waals surface area contributed by atoms with Crippen LogP contribution in [0.3, 0.4) is 0 Å². The number of aliphatic hydroxyl groups is 1. The van der Waals surface area contributed by atoms with Crippen LogP contribution in [0.25, 0.3) is 5.69 Å². The first-order valence-corrected chi connectivity index (χ1v) is 5.85. The Bertz CT molecular complexity index is 609. The molecule has 0 saturated heterocycles. The quantitative estimate of drug-likeness (QED) is 0.715. The van der Waals surface area contributed by atoms with Gasteiger partial charge < -0.3 is 15.5 Å². The van der Waals surface area contributed by atoms with Crippen LogP contribution in [0.5, 0.6) is 0 Å². The van der Waals surface area contributed by atoms with E-state index in [1.807, 2.05) is 18.2 Å². The Morgan fingerprint density at radius 1 is 1.30 bits per heavy atom. The number of benzene rings is 1. The fourth-order valence-corrected chi connectivity index (χ4v) is 1.68. The fourth-order valence-electron chi connectivity index (χ4n) is 1.68. The highest BCUT2D eigenvalue weighted by atomic mass is 16.4. The average molecular weight is 275 g/mol. The number of carboxylic acids is 1. The second-order valence-electron chi connectivity index (χ2n) is 4.03. The highest BCUT2D eigenvalue weighted by molar-refractivity contribution is 5.95. The van der Waals surface area contributed by atoms with Gasteiger partial charge in [0.2, 0.25) is 0 Å². The highest BCUT2D eigenvalue weighted by Crippen LogP contribution is 2.10. The van der Waals surface area contributed by atoms with Gasteiger partial charge in [0.05, 0.1) is 19.1 Å². The molecular weight excluding hydrogens is 262 g/mol. The number of nitrogens with one attached hydrogen (secondary N) is 1. The first-order chi connectivity index (χ1) is 9.63. The molecule has 0 aliphatic rings. The molecule has 1 heterocycles. The Morgan fingerprint density at radius 2 is 2.00 bits per heavy atom. The van der Waals surface area contributed by atoms with Crippen molar-refractivity contribution in [2.24, 2.45) is 0 Å². The van der Waals surface area contributed by atoms with E-state index in [1.165, 1.54) is 17.1 Å². The lowest BCUT2D eigenvalue weighted by Gasteiger charge is -2.12. The van der Waals surface area contributed by atoms with Gasteiger partial charge in [0.15, 0.2) is 6.04 Å². The molecule has 0 fully saturated rings. The summed E-state index contributed by atoms with van der Waals surface area (Å²) in [6, 6.07) is 7.70. The molecule has 1 amide bonds. The first-order valence-electron chi connectivity index (χ1n) is 5.85. The van der Waals surface area contributed by atoms with E-state index in [9.17, 15) is 9.59 Å². The molecule has 20 heavy (non-hydrogen) atoms. The van der Waals surface area contributed by atoms with Crippen LogP contribution in [-0.2, 0) is 4.79 Å². The Morgan fingerprint density at radius 3 is 2.60 bits per heavy atom. The van der Waals surface area contributed by atoms with Crippen molar-refractivity contribution in [3.63, 3.8) is 0 Å². The number of amides is 1. The third kappa shape index (κ3) is 2.83. The van der Waals surface area contributed by atoms with E-state index < -0.39 is 24.5 Å². The summed E-state index contributed by atoms with van der Waals surface area (Å²) in [6.07, 6.45) is 2.79. The van der Waals surface area contributed by atoms with Crippen molar-refractivity contribution >= 4 is 11.9 Å². The number of aliphatic hydroxyl groups excluding tert-OH is 1.